The molecule has 1 amide bonds. The van der Waals surface area contributed by atoms with Gasteiger partial charge in [0, 0.05) is 22.6 Å². The van der Waals surface area contributed by atoms with E-state index in [1.54, 1.807) is 0 Å². The number of hydrogen-bond donors (Lipinski definition) is 2. The first kappa shape index (κ1) is 14.3. The van der Waals surface area contributed by atoms with Crippen molar-refractivity contribution in [2.75, 3.05) is 0 Å². The predicted octanol–water partition coefficient (Wildman–Crippen LogP) is 1.74. The molecule has 8 heteroatoms. The van der Waals surface area contributed by atoms with E-state index in [1.165, 1.54) is 0 Å². The predicted molar refractivity (Wildman–Crippen MR) is 70.8 cm³/mol. The summed E-state index contributed by atoms with van der Waals surface area (Å²) in [6.45, 7) is 3.76. The van der Waals surface area contributed by atoms with Crippen LogP contribution in [0.4, 0.5) is 0 Å². The van der Waals surface area contributed by atoms with E-state index in [2.05, 4.69) is 15.5 Å². The lowest BCUT2D eigenvalue weighted by molar-refractivity contribution is 0.0931. The Bertz CT molecular complexity index is 592. The summed E-state index contributed by atoms with van der Waals surface area (Å²) in [5, 5.41) is 9.16. The Kier molecular flexibility index (Phi) is 3.87. The van der Waals surface area contributed by atoms with Crippen LogP contribution in [0, 0.1) is 0 Å². The summed E-state index contributed by atoms with van der Waals surface area (Å²) in [6.07, 6.45) is 2.51. The quantitative estimate of drug-likeness (QED) is 0.811. The van der Waals surface area contributed by atoms with Gasteiger partial charge in [-0.3, -0.25) is 9.89 Å². The molecule has 0 radical (unpaired) electrons. The van der Waals surface area contributed by atoms with Crippen LogP contribution in [0.25, 0.3) is 0 Å². The molecule has 6 nitrogen and oxygen atoms in total. The number of halogens is 1. The number of nitrogens with zero attached hydrogens (tertiary/aromatic N) is 1. The maximum absolute atomic E-state index is 12.0. The zero-order valence-corrected chi connectivity index (χ0v) is 12.3. The van der Waals surface area contributed by atoms with Crippen molar-refractivity contribution in [3.05, 3.63) is 11.4 Å². The van der Waals surface area contributed by atoms with Crippen LogP contribution < -0.4 is 5.32 Å². The average Bonchev–Trinajstić information content (AvgIpc) is 3.05. The van der Waals surface area contributed by atoms with Crippen LogP contribution in [-0.2, 0) is 9.05 Å². The molecule has 0 aliphatic heterocycles. The number of rotatable bonds is 5. The minimum atomic E-state index is -4.00. The van der Waals surface area contributed by atoms with Gasteiger partial charge in [0.05, 0.1) is 5.69 Å². The first-order chi connectivity index (χ1) is 8.84. The molecule has 1 saturated carbocycles. The summed E-state index contributed by atoms with van der Waals surface area (Å²) in [6, 6.07) is -0.0561. The standard InChI is InChI=1S/C11H16ClN3O3S/c1-3-6(2)13-11(16)9-10(19(12,17)18)8(14-15-9)7-4-5-7/h6-7H,3-5H2,1-2H3,(H,13,16)(H,14,15). The van der Waals surface area contributed by atoms with Crippen molar-refractivity contribution >= 4 is 25.6 Å². The van der Waals surface area contributed by atoms with Crippen molar-refractivity contribution < 1.29 is 13.2 Å². The second-order valence-electron chi connectivity index (χ2n) is 4.81. The van der Waals surface area contributed by atoms with Crippen molar-refractivity contribution in [3.63, 3.8) is 0 Å². The number of aromatic amines is 1. The number of carbonyl (C=O) groups excluding carboxylic acids is 1. The van der Waals surface area contributed by atoms with Gasteiger partial charge in [-0.05, 0) is 26.2 Å². The SMILES string of the molecule is CCC(C)NC(=O)c1n[nH]c(C2CC2)c1S(=O)(=O)Cl. The summed E-state index contributed by atoms with van der Waals surface area (Å²) in [5.41, 5.74) is 0.307. The molecule has 0 bridgehead atoms. The van der Waals surface area contributed by atoms with Gasteiger partial charge in [-0.2, -0.15) is 5.10 Å². The zero-order chi connectivity index (χ0) is 14.2. The fourth-order valence-electron chi connectivity index (χ4n) is 1.79. The topological polar surface area (TPSA) is 91.9 Å². The lowest BCUT2D eigenvalue weighted by Gasteiger charge is -2.10. The van der Waals surface area contributed by atoms with Crippen LogP contribution in [0.2, 0.25) is 0 Å². The Morgan fingerprint density at radius 2 is 2.21 bits per heavy atom. The van der Waals surface area contributed by atoms with Crippen molar-refractivity contribution in [2.24, 2.45) is 0 Å². The number of aromatic nitrogens is 2. The fourth-order valence-corrected chi connectivity index (χ4v) is 3.10. The van der Waals surface area contributed by atoms with Gasteiger partial charge in [0.2, 0.25) is 0 Å². The second kappa shape index (κ2) is 5.13. The number of H-pyrrole nitrogens is 1. The molecular weight excluding hydrogens is 290 g/mol. The highest BCUT2D eigenvalue weighted by Gasteiger charge is 2.36. The highest BCUT2D eigenvalue weighted by Crippen LogP contribution is 2.43. The van der Waals surface area contributed by atoms with Gasteiger partial charge < -0.3 is 5.32 Å². The van der Waals surface area contributed by atoms with Crippen molar-refractivity contribution in [1.82, 2.24) is 15.5 Å². The Morgan fingerprint density at radius 1 is 1.58 bits per heavy atom. The van der Waals surface area contributed by atoms with Crippen molar-refractivity contribution in [2.45, 2.75) is 50.0 Å². The van der Waals surface area contributed by atoms with E-state index in [1.807, 2.05) is 13.8 Å². The van der Waals surface area contributed by atoms with Gasteiger partial charge in [0.15, 0.2) is 5.69 Å². The first-order valence-corrected chi connectivity index (χ1v) is 8.49. The van der Waals surface area contributed by atoms with E-state index in [-0.39, 0.29) is 22.5 Å². The highest BCUT2D eigenvalue weighted by atomic mass is 35.7. The van der Waals surface area contributed by atoms with Gasteiger partial charge in [-0.1, -0.05) is 6.92 Å². The minimum Gasteiger partial charge on any atom is -0.348 e. The highest BCUT2D eigenvalue weighted by molar-refractivity contribution is 8.13. The minimum absolute atomic E-state index is 0.0561. The molecule has 19 heavy (non-hydrogen) atoms. The zero-order valence-electron chi connectivity index (χ0n) is 10.7. The molecule has 1 fully saturated rings. The average molecular weight is 306 g/mol. The number of amides is 1. The van der Waals surface area contributed by atoms with Crippen molar-refractivity contribution in [1.29, 1.82) is 0 Å². The molecule has 1 atom stereocenters. The van der Waals surface area contributed by atoms with E-state index < -0.39 is 15.0 Å². The van der Waals surface area contributed by atoms with Crippen LogP contribution in [0.15, 0.2) is 4.90 Å². The molecular formula is C11H16ClN3O3S. The number of carbonyl (C=O) groups is 1. The van der Waals surface area contributed by atoms with Gasteiger partial charge in [0.25, 0.3) is 15.0 Å². The second-order valence-corrected chi connectivity index (χ2v) is 7.31. The summed E-state index contributed by atoms with van der Waals surface area (Å²) in [7, 11) is 1.43. The molecule has 1 aromatic heterocycles. The smallest absolute Gasteiger partial charge is 0.273 e. The monoisotopic (exact) mass is 305 g/mol. The first-order valence-electron chi connectivity index (χ1n) is 6.18. The van der Waals surface area contributed by atoms with E-state index in [4.69, 9.17) is 10.7 Å². The molecule has 0 saturated heterocycles. The normalized spacial score (nSPS) is 17.2. The van der Waals surface area contributed by atoms with E-state index >= 15 is 0 Å². The van der Waals surface area contributed by atoms with E-state index in [0.29, 0.717) is 5.69 Å². The molecule has 2 N–H and O–H groups in total. The van der Waals surface area contributed by atoms with Gasteiger partial charge in [0.1, 0.15) is 4.90 Å². The lowest BCUT2D eigenvalue weighted by Crippen LogP contribution is -2.32. The third-order valence-corrected chi connectivity index (χ3v) is 4.55. The van der Waals surface area contributed by atoms with Crippen LogP contribution in [0.5, 0.6) is 0 Å². The molecule has 1 unspecified atom stereocenters. The van der Waals surface area contributed by atoms with Crippen LogP contribution in [-0.4, -0.2) is 30.6 Å². The van der Waals surface area contributed by atoms with Gasteiger partial charge in [-0.15, -0.1) is 0 Å². The lowest BCUT2D eigenvalue weighted by atomic mass is 10.2. The Hall–Kier alpha value is -1.08. The molecule has 0 spiro atoms. The van der Waals surface area contributed by atoms with Crippen LogP contribution in [0.3, 0.4) is 0 Å². The summed E-state index contributed by atoms with van der Waals surface area (Å²) < 4.78 is 23.3. The Morgan fingerprint density at radius 3 is 2.68 bits per heavy atom. The molecule has 0 aromatic carbocycles. The molecule has 1 aliphatic carbocycles. The summed E-state index contributed by atoms with van der Waals surface area (Å²) in [5.74, 6) is -0.405. The maximum atomic E-state index is 12.0. The molecule has 1 aromatic rings. The number of hydrogen-bond acceptors (Lipinski definition) is 4. The third-order valence-electron chi connectivity index (χ3n) is 3.18. The largest absolute Gasteiger partial charge is 0.348 e. The van der Waals surface area contributed by atoms with Crippen LogP contribution in [0.1, 0.15) is 55.2 Å². The van der Waals surface area contributed by atoms with E-state index in [9.17, 15) is 13.2 Å². The molecule has 1 heterocycles. The van der Waals surface area contributed by atoms with E-state index in [0.717, 1.165) is 19.3 Å². The Balaban J connectivity index is 2.38. The Labute approximate surface area is 116 Å². The van der Waals surface area contributed by atoms with Gasteiger partial charge >= 0.3 is 0 Å². The maximum Gasteiger partial charge on any atom is 0.273 e. The van der Waals surface area contributed by atoms with Crippen molar-refractivity contribution in [3.8, 4) is 0 Å². The van der Waals surface area contributed by atoms with Crippen LogP contribution >= 0.6 is 10.7 Å². The van der Waals surface area contributed by atoms with Gasteiger partial charge in [-0.25, -0.2) is 8.42 Å². The molecule has 106 valence electrons. The summed E-state index contributed by atoms with van der Waals surface area (Å²) >= 11 is 0. The third kappa shape index (κ3) is 3.09. The fraction of sp³-hybridized carbons (Fsp3) is 0.636. The number of nitrogens with one attached hydrogen (secondary N) is 2. The molecule has 2 rings (SSSR count). The molecule has 1 aliphatic rings. The summed E-state index contributed by atoms with van der Waals surface area (Å²) in [4.78, 5) is 11.9.